The molecule has 22 heavy (non-hydrogen) atoms. The zero-order valence-corrected chi connectivity index (χ0v) is 13.9. The molecule has 1 aliphatic heterocycles. The smallest absolute Gasteiger partial charge is 0.271 e. The van der Waals surface area contributed by atoms with Crippen molar-refractivity contribution in [2.24, 2.45) is 7.05 Å². The predicted octanol–water partition coefficient (Wildman–Crippen LogP) is 1.57. The first-order valence-electron chi connectivity index (χ1n) is 7.23. The largest absolute Gasteiger partial charge is 0.354 e. The van der Waals surface area contributed by atoms with E-state index in [1.807, 2.05) is 42.6 Å². The summed E-state index contributed by atoms with van der Waals surface area (Å²) < 4.78 is 1.98. The van der Waals surface area contributed by atoms with Crippen LogP contribution in [0, 0.1) is 13.8 Å². The zero-order chi connectivity index (χ0) is 15.0. The van der Waals surface area contributed by atoms with Crippen LogP contribution in [0.2, 0.25) is 0 Å². The number of aryl methyl sites for hydroxylation is 3. The van der Waals surface area contributed by atoms with Gasteiger partial charge in [-0.1, -0.05) is 0 Å². The van der Waals surface area contributed by atoms with Crippen molar-refractivity contribution >= 4 is 18.3 Å². The molecule has 1 atom stereocenters. The molecule has 0 saturated carbocycles. The minimum absolute atomic E-state index is 0. The number of carbonyl (C=O) groups is 1. The van der Waals surface area contributed by atoms with Crippen LogP contribution in [0.25, 0.3) is 0 Å². The molecular formula is C15H22ClN5O. The molecule has 0 spiro atoms. The maximum Gasteiger partial charge on any atom is 0.271 e. The zero-order valence-electron chi connectivity index (χ0n) is 13.1. The molecule has 1 fully saturated rings. The molecule has 0 aromatic carbocycles. The topological polar surface area (TPSA) is 66.0 Å². The third kappa shape index (κ3) is 2.89. The Morgan fingerprint density at radius 3 is 2.77 bits per heavy atom. The minimum Gasteiger partial charge on any atom is -0.354 e. The first kappa shape index (κ1) is 16.6. The highest BCUT2D eigenvalue weighted by molar-refractivity contribution is 5.94. The predicted molar refractivity (Wildman–Crippen MR) is 87.4 cm³/mol. The van der Waals surface area contributed by atoms with Gasteiger partial charge in [-0.3, -0.25) is 4.79 Å². The Morgan fingerprint density at radius 1 is 1.41 bits per heavy atom. The van der Waals surface area contributed by atoms with Crippen molar-refractivity contribution in [1.29, 1.82) is 0 Å². The summed E-state index contributed by atoms with van der Waals surface area (Å²) in [7, 11) is 1.96. The molecule has 7 heteroatoms. The van der Waals surface area contributed by atoms with Crippen molar-refractivity contribution in [1.82, 2.24) is 24.8 Å². The van der Waals surface area contributed by atoms with Crippen LogP contribution in [0.4, 0.5) is 0 Å². The second kappa shape index (κ2) is 6.54. The summed E-state index contributed by atoms with van der Waals surface area (Å²) in [5, 5.41) is 3.35. The maximum atomic E-state index is 12.9. The van der Waals surface area contributed by atoms with Gasteiger partial charge in [-0.25, -0.2) is 4.98 Å². The summed E-state index contributed by atoms with van der Waals surface area (Å²) in [4.78, 5) is 22.4. The van der Waals surface area contributed by atoms with E-state index in [0.29, 0.717) is 12.2 Å². The Labute approximate surface area is 136 Å². The van der Waals surface area contributed by atoms with Gasteiger partial charge in [0.25, 0.3) is 5.91 Å². The number of hydrogen-bond acceptors (Lipinski definition) is 3. The third-order valence-corrected chi connectivity index (χ3v) is 4.02. The van der Waals surface area contributed by atoms with Crippen molar-refractivity contribution in [3.05, 3.63) is 41.2 Å². The van der Waals surface area contributed by atoms with E-state index in [1.165, 1.54) is 0 Å². The molecule has 0 aliphatic carbocycles. The van der Waals surface area contributed by atoms with Gasteiger partial charge in [0.15, 0.2) is 0 Å². The molecule has 1 saturated heterocycles. The number of amides is 1. The molecule has 3 rings (SSSR count). The van der Waals surface area contributed by atoms with E-state index in [2.05, 4.69) is 15.3 Å². The molecule has 2 aromatic rings. The fraction of sp³-hybridized carbons (Fsp3) is 0.467. The lowest BCUT2D eigenvalue weighted by Crippen LogP contribution is -2.49. The number of imidazole rings is 1. The molecule has 0 bridgehead atoms. The number of aromatic amines is 1. The van der Waals surface area contributed by atoms with Gasteiger partial charge in [-0.2, -0.15) is 0 Å². The van der Waals surface area contributed by atoms with Gasteiger partial charge in [-0.05, 0) is 25.5 Å². The number of aromatic nitrogens is 3. The number of nitrogens with zero attached hydrogens (tertiary/aromatic N) is 3. The van der Waals surface area contributed by atoms with Gasteiger partial charge in [0.1, 0.15) is 17.6 Å². The van der Waals surface area contributed by atoms with Crippen LogP contribution in [-0.4, -0.2) is 45.0 Å². The van der Waals surface area contributed by atoms with Crippen LogP contribution in [0.3, 0.4) is 0 Å². The first-order chi connectivity index (χ1) is 10.1. The molecule has 2 aromatic heterocycles. The van der Waals surface area contributed by atoms with Crippen molar-refractivity contribution in [2.45, 2.75) is 19.9 Å². The standard InChI is InChI=1S/C15H21N5O.ClH/c1-10-8-11(2)18-13(10)15(21)20-7-4-16-9-12(20)14-17-5-6-19(14)3;/h5-6,8,12,16,18H,4,7,9H2,1-3H3;1H. The maximum absolute atomic E-state index is 12.9. The van der Waals surface area contributed by atoms with Gasteiger partial charge >= 0.3 is 0 Å². The Bertz CT molecular complexity index is 663. The average molecular weight is 324 g/mol. The normalized spacial score (nSPS) is 18.1. The first-order valence-corrected chi connectivity index (χ1v) is 7.23. The molecule has 2 N–H and O–H groups in total. The van der Waals surface area contributed by atoms with Gasteiger partial charge in [0.05, 0.1) is 0 Å². The van der Waals surface area contributed by atoms with Crippen LogP contribution in [-0.2, 0) is 7.05 Å². The number of rotatable bonds is 2. The fourth-order valence-corrected chi connectivity index (χ4v) is 2.97. The molecule has 1 unspecified atom stereocenters. The summed E-state index contributed by atoms with van der Waals surface area (Å²) in [5.74, 6) is 0.964. The third-order valence-electron chi connectivity index (χ3n) is 4.02. The molecule has 0 radical (unpaired) electrons. The quantitative estimate of drug-likeness (QED) is 0.881. The molecule has 1 amide bonds. The Kier molecular flexibility index (Phi) is 4.93. The number of H-pyrrole nitrogens is 1. The molecular weight excluding hydrogens is 302 g/mol. The number of nitrogens with one attached hydrogen (secondary N) is 2. The van der Waals surface area contributed by atoms with Gasteiger partial charge in [0, 0.05) is 44.8 Å². The minimum atomic E-state index is -0.0331. The van der Waals surface area contributed by atoms with Crippen LogP contribution < -0.4 is 5.32 Å². The lowest BCUT2D eigenvalue weighted by atomic mass is 10.1. The van der Waals surface area contributed by atoms with Crippen LogP contribution in [0.15, 0.2) is 18.5 Å². The average Bonchev–Trinajstić information content (AvgIpc) is 3.03. The van der Waals surface area contributed by atoms with E-state index in [4.69, 9.17) is 0 Å². The van der Waals surface area contributed by atoms with Crippen molar-refractivity contribution < 1.29 is 4.79 Å². The lowest BCUT2D eigenvalue weighted by Gasteiger charge is -2.35. The van der Waals surface area contributed by atoms with Crippen LogP contribution in [0.5, 0.6) is 0 Å². The van der Waals surface area contributed by atoms with Crippen molar-refractivity contribution in [2.75, 3.05) is 19.6 Å². The van der Waals surface area contributed by atoms with Crippen molar-refractivity contribution in [3.8, 4) is 0 Å². The summed E-state index contributed by atoms with van der Waals surface area (Å²) >= 11 is 0. The fourth-order valence-electron chi connectivity index (χ4n) is 2.97. The summed E-state index contributed by atoms with van der Waals surface area (Å²) in [6.07, 6.45) is 3.69. The highest BCUT2D eigenvalue weighted by Crippen LogP contribution is 2.23. The monoisotopic (exact) mass is 323 g/mol. The Hall–Kier alpha value is -1.79. The second-order valence-corrected chi connectivity index (χ2v) is 5.63. The number of carbonyl (C=O) groups excluding carboxylic acids is 1. The van der Waals surface area contributed by atoms with Crippen molar-refractivity contribution in [3.63, 3.8) is 0 Å². The lowest BCUT2D eigenvalue weighted by molar-refractivity contribution is 0.0614. The highest BCUT2D eigenvalue weighted by atomic mass is 35.5. The molecule has 3 heterocycles. The van der Waals surface area contributed by atoms with Gasteiger partial charge in [0.2, 0.25) is 0 Å². The van der Waals surface area contributed by atoms with E-state index >= 15 is 0 Å². The summed E-state index contributed by atoms with van der Waals surface area (Å²) in [6.45, 7) is 6.17. The molecule has 120 valence electrons. The molecule has 1 aliphatic rings. The number of hydrogen-bond donors (Lipinski definition) is 2. The van der Waals surface area contributed by atoms with Gasteiger partial charge in [-0.15, -0.1) is 12.4 Å². The van der Waals surface area contributed by atoms with E-state index in [-0.39, 0.29) is 24.4 Å². The summed E-state index contributed by atoms with van der Waals surface area (Å²) in [5.41, 5.74) is 2.70. The number of halogens is 1. The van der Waals surface area contributed by atoms with E-state index in [1.54, 1.807) is 6.20 Å². The Balaban J connectivity index is 0.00000176. The van der Waals surface area contributed by atoms with Crippen LogP contribution >= 0.6 is 12.4 Å². The highest BCUT2D eigenvalue weighted by Gasteiger charge is 2.32. The Morgan fingerprint density at radius 2 is 2.18 bits per heavy atom. The van der Waals surface area contributed by atoms with Crippen LogP contribution in [0.1, 0.15) is 33.6 Å². The van der Waals surface area contributed by atoms with Gasteiger partial charge < -0.3 is 19.8 Å². The molecule has 6 nitrogen and oxygen atoms in total. The van der Waals surface area contributed by atoms with E-state index in [0.717, 1.165) is 30.2 Å². The van der Waals surface area contributed by atoms with E-state index in [9.17, 15) is 4.79 Å². The number of piperazine rings is 1. The van der Waals surface area contributed by atoms with E-state index < -0.39 is 0 Å². The second-order valence-electron chi connectivity index (χ2n) is 5.63. The summed E-state index contributed by atoms with van der Waals surface area (Å²) in [6, 6.07) is 1.97. The SMILES string of the molecule is Cc1cc(C)c(C(=O)N2CCNCC2c2nccn2C)[nH]1.Cl.